The third kappa shape index (κ3) is 4.78. The van der Waals surface area contributed by atoms with E-state index in [1.54, 1.807) is 41.3 Å². The second-order valence-electron chi connectivity index (χ2n) is 6.05. The molecule has 27 heavy (non-hydrogen) atoms. The lowest BCUT2D eigenvalue weighted by atomic mass is 10.1. The first-order valence-corrected chi connectivity index (χ1v) is 9.13. The molecule has 1 aliphatic rings. The maximum absolute atomic E-state index is 12.3. The average molecular weight is 406 g/mol. The Hall–Kier alpha value is -2.57. The summed E-state index contributed by atoms with van der Waals surface area (Å²) < 4.78 is 0. The molecule has 0 aromatic heterocycles. The summed E-state index contributed by atoms with van der Waals surface area (Å²) in [6, 6.07) is 11.5. The Balaban J connectivity index is 1.60. The van der Waals surface area contributed by atoms with Gasteiger partial charge in [0.15, 0.2) is 0 Å². The molecular weight excluding hydrogens is 389 g/mol. The third-order valence-corrected chi connectivity index (χ3v) is 4.67. The van der Waals surface area contributed by atoms with E-state index in [0.717, 1.165) is 6.42 Å². The number of hydrogen-bond donors (Lipinski definition) is 2. The molecule has 1 saturated heterocycles. The molecule has 0 unspecified atom stereocenters. The lowest BCUT2D eigenvalue weighted by Gasteiger charge is -2.16. The van der Waals surface area contributed by atoms with Gasteiger partial charge < -0.3 is 15.5 Å². The molecule has 6 nitrogen and oxygen atoms in total. The predicted molar refractivity (Wildman–Crippen MR) is 105 cm³/mol. The molecule has 2 aromatic rings. The van der Waals surface area contributed by atoms with Gasteiger partial charge in [0.2, 0.25) is 11.8 Å². The van der Waals surface area contributed by atoms with Crippen LogP contribution in [-0.4, -0.2) is 30.8 Å². The van der Waals surface area contributed by atoms with Crippen molar-refractivity contribution in [1.82, 2.24) is 5.32 Å². The van der Waals surface area contributed by atoms with Gasteiger partial charge in [-0.15, -0.1) is 0 Å². The van der Waals surface area contributed by atoms with Gasteiger partial charge in [0.1, 0.15) is 0 Å². The van der Waals surface area contributed by atoms with Crippen molar-refractivity contribution >= 4 is 52.3 Å². The van der Waals surface area contributed by atoms with Crippen LogP contribution in [0.4, 0.5) is 11.4 Å². The maximum Gasteiger partial charge on any atom is 0.251 e. The number of rotatable bonds is 5. The van der Waals surface area contributed by atoms with E-state index in [0.29, 0.717) is 39.9 Å². The van der Waals surface area contributed by atoms with E-state index in [-0.39, 0.29) is 12.5 Å². The van der Waals surface area contributed by atoms with Crippen molar-refractivity contribution in [2.75, 3.05) is 23.3 Å². The quantitative estimate of drug-likeness (QED) is 0.798. The minimum Gasteiger partial charge on any atom is -0.343 e. The first-order chi connectivity index (χ1) is 12.9. The molecule has 0 saturated carbocycles. The van der Waals surface area contributed by atoms with Crippen LogP contribution in [0.15, 0.2) is 42.5 Å². The molecule has 0 radical (unpaired) electrons. The Morgan fingerprint density at radius 2 is 1.93 bits per heavy atom. The lowest BCUT2D eigenvalue weighted by Crippen LogP contribution is -2.33. The first kappa shape index (κ1) is 19.2. The van der Waals surface area contributed by atoms with Crippen molar-refractivity contribution < 1.29 is 14.4 Å². The maximum atomic E-state index is 12.3. The Kier molecular flexibility index (Phi) is 5.98. The molecule has 1 heterocycles. The summed E-state index contributed by atoms with van der Waals surface area (Å²) in [5.74, 6) is -0.792. The number of hydrogen-bond acceptors (Lipinski definition) is 3. The number of carbonyl (C=O) groups is 3. The lowest BCUT2D eigenvalue weighted by molar-refractivity contribution is -0.117. The highest BCUT2D eigenvalue weighted by Crippen LogP contribution is 2.25. The monoisotopic (exact) mass is 405 g/mol. The molecule has 0 atom stereocenters. The second-order valence-corrected chi connectivity index (χ2v) is 6.90. The zero-order valence-corrected chi connectivity index (χ0v) is 15.8. The number of anilines is 2. The second kappa shape index (κ2) is 8.41. The fraction of sp³-hybridized carbons (Fsp3) is 0.211. The molecule has 140 valence electrons. The summed E-state index contributed by atoms with van der Waals surface area (Å²) in [6.07, 6.45) is 1.32. The van der Waals surface area contributed by atoms with Crippen LogP contribution in [0.2, 0.25) is 10.0 Å². The molecule has 3 rings (SSSR count). The molecule has 1 fully saturated rings. The van der Waals surface area contributed by atoms with Crippen LogP contribution in [0, 0.1) is 0 Å². The topological polar surface area (TPSA) is 78.5 Å². The van der Waals surface area contributed by atoms with Gasteiger partial charge in [0, 0.05) is 29.2 Å². The number of nitrogens with one attached hydrogen (secondary N) is 2. The van der Waals surface area contributed by atoms with Crippen LogP contribution < -0.4 is 15.5 Å². The van der Waals surface area contributed by atoms with Gasteiger partial charge in [-0.3, -0.25) is 14.4 Å². The molecule has 8 heteroatoms. The van der Waals surface area contributed by atoms with Crippen molar-refractivity contribution in [2.24, 2.45) is 0 Å². The molecule has 1 aliphatic heterocycles. The van der Waals surface area contributed by atoms with Crippen LogP contribution >= 0.6 is 23.2 Å². The normalized spacial score (nSPS) is 13.6. The van der Waals surface area contributed by atoms with Crippen molar-refractivity contribution in [3.05, 3.63) is 58.1 Å². The Morgan fingerprint density at radius 1 is 1.11 bits per heavy atom. The van der Waals surface area contributed by atoms with Crippen molar-refractivity contribution in [3.8, 4) is 0 Å². The molecular formula is C19H17Cl2N3O3. The van der Waals surface area contributed by atoms with Crippen molar-refractivity contribution in [3.63, 3.8) is 0 Å². The van der Waals surface area contributed by atoms with Crippen LogP contribution in [0.1, 0.15) is 23.2 Å². The predicted octanol–water partition coefficient (Wildman–Crippen LogP) is 3.49. The summed E-state index contributed by atoms with van der Waals surface area (Å²) in [7, 11) is 0. The Labute approximate surface area is 166 Å². The standard InChI is InChI=1S/C19H17Cl2N3O3/c20-13-6-7-15(21)16(10-13)23-17(25)11-22-19(27)12-3-1-4-14(9-12)24-8-2-5-18(24)26/h1,3-4,6-7,9-10H,2,5,8,11H2,(H,22,27)(H,23,25). The molecule has 2 N–H and O–H groups in total. The van der Waals surface area contributed by atoms with E-state index in [2.05, 4.69) is 10.6 Å². The van der Waals surface area contributed by atoms with Crippen molar-refractivity contribution in [1.29, 1.82) is 0 Å². The van der Waals surface area contributed by atoms with Crippen LogP contribution in [0.3, 0.4) is 0 Å². The number of carbonyl (C=O) groups excluding carboxylic acids is 3. The summed E-state index contributed by atoms with van der Waals surface area (Å²) >= 11 is 11.9. The highest BCUT2D eigenvalue weighted by atomic mass is 35.5. The highest BCUT2D eigenvalue weighted by molar-refractivity contribution is 6.35. The zero-order chi connectivity index (χ0) is 19.4. The SMILES string of the molecule is O=C(CNC(=O)c1cccc(N2CCCC2=O)c1)Nc1cc(Cl)ccc1Cl. The molecule has 0 aliphatic carbocycles. The van der Waals surface area contributed by atoms with Gasteiger partial charge >= 0.3 is 0 Å². The van der Waals surface area contributed by atoms with E-state index < -0.39 is 11.8 Å². The van der Waals surface area contributed by atoms with Gasteiger partial charge in [-0.1, -0.05) is 29.3 Å². The van der Waals surface area contributed by atoms with Gasteiger partial charge in [-0.2, -0.15) is 0 Å². The smallest absolute Gasteiger partial charge is 0.251 e. The summed E-state index contributed by atoms with van der Waals surface area (Å²) in [6.45, 7) is 0.418. The van der Waals surface area contributed by atoms with Gasteiger partial charge in [0.05, 0.1) is 17.3 Å². The highest BCUT2D eigenvalue weighted by Gasteiger charge is 2.22. The third-order valence-electron chi connectivity index (χ3n) is 4.11. The van der Waals surface area contributed by atoms with E-state index in [1.165, 1.54) is 6.07 Å². The van der Waals surface area contributed by atoms with Crippen LogP contribution in [-0.2, 0) is 9.59 Å². The average Bonchev–Trinajstić information content (AvgIpc) is 3.09. The number of amides is 3. The van der Waals surface area contributed by atoms with Gasteiger partial charge in [-0.25, -0.2) is 0 Å². The fourth-order valence-electron chi connectivity index (χ4n) is 2.79. The minimum atomic E-state index is -0.432. The number of nitrogens with zero attached hydrogens (tertiary/aromatic N) is 1. The summed E-state index contributed by atoms with van der Waals surface area (Å²) in [5, 5.41) is 5.93. The van der Waals surface area contributed by atoms with E-state index in [9.17, 15) is 14.4 Å². The number of halogens is 2. The summed E-state index contributed by atoms with van der Waals surface area (Å²) in [5.41, 5.74) is 1.43. The molecule has 3 amide bonds. The van der Waals surface area contributed by atoms with Gasteiger partial charge in [0.25, 0.3) is 5.91 Å². The van der Waals surface area contributed by atoms with Crippen LogP contribution in [0.5, 0.6) is 0 Å². The van der Waals surface area contributed by atoms with E-state index >= 15 is 0 Å². The fourth-order valence-corrected chi connectivity index (χ4v) is 3.12. The molecule has 2 aromatic carbocycles. The van der Waals surface area contributed by atoms with E-state index in [1.807, 2.05) is 0 Å². The molecule has 0 bridgehead atoms. The van der Waals surface area contributed by atoms with Crippen LogP contribution in [0.25, 0.3) is 0 Å². The number of benzene rings is 2. The Bertz CT molecular complexity index is 902. The zero-order valence-electron chi connectivity index (χ0n) is 14.3. The molecule has 0 spiro atoms. The van der Waals surface area contributed by atoms with Crippen molar-refractivity contribution in [2.45, 2.75) is 12.8 Å². The largest absolute Gasteiger partial charge is 0.343 e. The minimum absolute atomic E-state index is 0.0466. The van der Waals surface area contributed by atoms with Gasteiger partial charge in [-0.05, 0) is 42.8 Å². The Morgan fingerprint density at radius 3 is 2.67 bits per heavy atom. The van der Waals surface area contributed by atoms with E-state index in [4.69, 9.17) is 23.2 Å². The first-order valence-electron chi connectivity index (χ1n) is 8.37. The summed E-state index contributed by atoms with van der Waals surface area (Å²) in [4.78, 5) is 37.9.